The highest BCUT2D eigenvalue weighted by Gasteiger charge is 1.91. The molecule has 14 heavy (non-hydrogen) atoms. The molecule has 2 rings (SSSR count). The maximum atomic E-state index is 3.28. The molecule has 0 atom stereocenters. The zero-order valence-electron chi connectivity index (χ0n) is 7.68. The summed E-state index contributed by atoms with van der Waals surface area (Å²) in [6, 6.07) is 20.4. The summed E-state index contributed by atoms with van der Waals surface area (Å²) in [7, 11) is 0. The van der Waals surface area contributed by atoms with Crippen LogP contribution in [0.15, 0.2) is 65.6 Å². The van der Waals surface area contributed by atoms with Crippen molar-refractivity contribution in [1.29, 1.82) is 0 Å². The third-order valence-electron chi connectivity index (χ3n) is 1.80. The first kappa shape index (κ1) is 9.16. The summed E-state index contributed by atoms with van der Waals surface area (Å²) in [5.74, 6) is 0. The topological polar surface area (TPSA) is 12.0 Å². The van der Waals surface area contributed by atoms with E-state index in [1.807, 2.05) is 36.4 Å². The van der Waals surface area contributed by atoms with Crippen molar-refractivity contribution >= 4 is 17.6 Å². The number of anilines is 1. The molecule has 1 nitrogen and oxygen atoms in total. The lowest BCUT2D eigenvalue weighted by Gasteiger charge is -2.03. The Balaban J connectivity index is 1.96. The van der Waals surface area contributed by atoms with Crippen molar-refractivity contribution in [3.05, 3.63) is 60.7 Å². The molecule has 0 fully saturated rings. The molecular weight excluding hydrogens is 190 g/mol. The van der Waals surface area contributed by atoms with Crippen molar-refractivity contribution in [3.8, 4) is 0 Å². The molecule has 0 aliphatic heterocycles. The minimum Gasteiger partial charge on any atom is -0.326 e. The molecule has 0 heterocycles. The first-order chi connectivity index (χ1) is 6.95. The lowest BCUT2D eigenvalue weighted by atomic mass is 10.3. The van der Waals surface area contributed by atoms with E-state index < -0.39 is 0 Å². The van der Waals surface area contributed by atoms with E-state index in [9.17, 15) is 0 Å². The van der Waals surface area contributed by atoms with Crippen LogP contribution in [0, 0.1) is 0 Å². The van der Waals surface area contributed by atoms with Crippen LogP contribution in [-0.4, -0.2) is 0 Å². The molecule has 70 valence electrons. The van der Waals surface area contributed by atoms with Crippen molar-refractivity contribution in [2.45, 2.75) is 4.90 Å². The van der Waals surface area contributed by atoms with Gasteiger partial charge in [0.25, 0.3) is 0 Å². The smallest absolute Gasteiger partial charge is 0.0443 e. The van der Waals surface area contributed by atoms with Crippen LogP contribution in [0.3, 0.4) is 0 Å². The highest BCUT2D eigenvalue weighted by molar-refractivity contribution is 8.00. The largest absolute Gasteiger partial charge is 0.326 e. The molecule has 2 aromatic carbocycles. The third-order valence-corrected chi connectivity index (χ3v) is 2.65. The van der Waals surface area contributed by atoms with Gasteiger partial charge in [0.15, 0.2) is 0 Å². The van der Waals surface area contributed by atoms with Crippen LogP contribution in [0.5, 0.6) is 0 Å². The van der Waals surface area contributed by atoms with E-state index in [0.29, 0.717) is 0 Å². The van der Waals surface area contributed by atoms with Gasteiger partial charge in [-0.05, 0) is 36.2 Å². The molecule has 0 aliphatic rings. The van der Waals surface area contributed by atoms with Crippen molar-refractivity contribution in [3.63, 3.8) is 0 Å². The van der Waals surface area contributed by atoms with Crippen LogP contribution < -0.4 is 4.72 Å². The van der Waals surface area contributed by atoms with Crippen LogP contribution in [-0.2, 0) is 0 Å². The minimum atomic E-state index is 1.13. The van der Waals surface area contributed by atoms with E-state index in [2.05, 4.69) is 29.0 Å². The highest BCUT2D eigenvalue weighted by atomic mass is 32.2. The molecule has 1 N–H and O–H groups in total. The van der Waals surface area contributed by atoms with E-state index in [4.69, 9.17) is 0 Å². The maximum absolute atomic E-state index is 3.28. The lowest BCUT2D eigenvalue weighted by Crippen LogP contribution is -1.84. The summed E-state index contributed by atoms with van der Waals surface area (Å²) in [6.45, 7) is 0. The van der Waals surface area contributed by atoms with E-state index in [1.165, 1.54) is 4.90 Å². The maximum Gasteiger partial charge on any atom is 0.0443 e. The van der Waals surface area contributed by atoms with E-state index in [0.717, 1.165) is 5.69 Å². The Morgan fingerprint density at radius 1 is 0.714 bits per heavy atom. The van der Waals surface area contributed by atoms with Crippen LogP contribution in [0.25, 0.3) is 0 Å². The predicted molar refractivity (Wildman–Crippen MR) is 62.4 cm³/mol. The normalized spacial score (nSPS) is 9.71. The van der Waals surface area contributed by atoms with Gasteiger partial charge in [-0.25, -0.2) is 0 Å². The van der Waals surface area contributed by atoms with E-state index in [1.54, 1.807) is 11.9 Å². The number of hydrogen-bond donors (Lipinski definition) is 1. The molecule has 2 heteroatoms. The van der Waals surface area contributed by atoms with Gasteiger partial charge in [-0.15, -0.1) is 0 Å². The summed E-state index contributed by atoms with van der Waals surface area (Å²) in [6.07, 6.45) is 0. The number of nitrogens with one attached hydrogen (secondary N) is 1. The van der Waals surface area contributed by atoms with Crippen LogP contribution in [0.1, 0.15) is 0 Å². The summed E-state index contributed by atoms with van der Waals surface area (Å²) >= 11 is 1.62. The number of para-hydroxylation sites is 1. The zero-order chi connectivity index (χ0) is 9.64. The average Bonchev–Trinajstić information content (AvgIpc) is 2.29. The van der Waals surface area contributed by atoms with Crippen molar-refractivity contribution in [2.24, 2.45) is 0 Å². The van der Waals surface area contributed by atoms with Gasteiger partial charge in [-0.3, -0.25) is 0 Å². The van der Waals surface area contributed by atoms with Gasteiger partial charge in [0, 0.05) is 10.6 Å². The van der Waals surface area contributed by atoms with Crippen molar-refractivity contribution in [2.75, 3.05) is 4.72 Å². The lowest BCUT2D eigenvalue weighted by molar-refractivity contribution is 1.47. The summed E-state index contributed by atoms with van der Waals surface area (Å²) in [4.78, 5) is 1.22. The second kappa shape index (κ2) is 4.72. The van der Waals surface area contributed by atoms with Crippen molar-refractivity contribution < 1.29 is 0 Å². The molecule has 0 aromatic heterocycles. The molecule has 0 aliphatic carbocycles. The molecule has 0 radical (unpaired) electrons. The molecule has 0 bridgehead atoms. The number of hydrogen-bond acceptors (Lipinski definition) is 2. The Kier molecular flexibility index (Phi) is 3.09. The van der Waals surface area contributed by atoms with Crippen LogP contribution in [0.2, 0.25) is 0 Å². The molecular formula is C12H11NS. The summed E-state index contributed by atoms with van der Waals surface area (Å²) in [5, 5.41) is 0. The Hall–Kier alpha value is -1.41. The summed E-state index contributed by atoms with van der Waals surface area (Å²) in [5.41, 5.74) is 1.13. The average molecular weight is 201 g/mol. The number of rotatable bonds is 3. The third kappa shape index (κ3) is 2.54. The van der Waals surface area contributed by atoms with E-state index >= 15 is 0 Å². The van der Waals surface area contributed by atoms with Crippen LogP contribution >= 0.6 is 11.9 Å². The van der Waals surface area contributed by atoms with Gasteiger partial charge in [0.2, 0.25) is 0 Å². The van der Waals surface area contributed by atoms with Gasteiger partial charge in [0.05, 0.1) is 0 Å². The summed E-state index contributed by atoms with van der Waals surface area (Å²) < 4.78 is 3.28. The molecule has 0 amide bonds. The molecule has 0 spiro atoms. The fourth-order valence-electron chi connectivity index (χ4n) is 1.11. The van der Waals surface area contributed by atoms with Gasteiger partial charge in [-0.2, -0.15) is 0 Å². The monoisotopic (exact) mass is 201 g/mol. The van der Waals surface area contributed by atoms with Crippen LogP contribution in [0.4, 0.5) is 5.69 Å². The predicted octanol–water partition coefficient (Wildman–Crippen LogP) is 3.81. The Labute approximate surface area is 88.3 Å². The number of benzene rings is 2. The van der Waals surface area contributed by atoms with Gasteiger partial charge >= 0.3 is 0 Å². The highest BCUT2D eigenvalue weighted by Crippen LogP contribution is 2.19. The van der Waals surface area contributed by atoms with E-state index in [-0.39, 0.29) is 0 Å². The fraction of sp³-hybridized carbons (Fsp3) is 0. The Bertz CT molecular complexity index is 333. The standard InChI is InChI=1S/C12H11NS/c1-3-7-11(8-4-1)13-14-12-9-5-2-6-10-12/h1-10,13H. The molecule has 2 aromatic rings. The van der Waals surface area contributed by atoms with Gasteiger partial charge in [0.1, 0.15) is 0 Å². The zero-order valence-corrected chi connectivity index (χ0v) is 8.50. The second-order valence-corrected chi connectivity index (χ2v) is 3.76. The molecule has 0 unspecified atom stereocenters. The first-order valence-corrected chi connectivity index (χ1v) is 5.30. The second-order valence-electron chi connectivity index (χ2n) is 2.88. The Morgan fingerprint density at radius 3 is 1.93 bits per heavy atom. The quantitative estimate of drug-likeness (QED) is 0.758. The first-order valence-electron chi connectivity index (χ1n) is 4.48. The molecule has 0 saturated carbocycles. The fourth-order valence-corrected chi connectivity index (χ4v) is 1.78. The van der Waals surface area contributed by atoms with Crippen molar-refractivity contribution in [1.82, 2.24) is 0 Å². The molecule has 0 saturated heterocycles. The van der Waals surface area contributed by atoms with Gasteiger partial charge in [-0.1, -0.05) is 36.4 Å². The Morgan fingerprint density at radius 2 is 1.29 bits per heavy atom. The van der Waals surface area contributed by atoms with Gasteiger partial charge < -0.3 is 4.72 Å². The minimum absolute atomic E-state index is 1.13. The SMILES string of the molecule is c1ccc(NSc2ccccc2)cc1.